The van der Waals surface area contributed by atoms with E-state index in [1.807, 2.05) is 22.6 Å². The molecule has 2 aromatic carbocycles. The van der Waals surface area contributed by atoms with Gasteiger partial charge in [0.2, 0.25) is 0 Å². The van der Waals surface area contributed by atoms with E-state index in [1.54, 1.807) is 30.3 Å². The zero-order valence-corrected chi connectivity index (χ0v) is 13.0. The molecule has 4 nitrogen and oxygen atoms in total. The molecule has 6 heteroatoms. The predicted octanol–water partition coefficient (Wildman–Crippen LogP) is 3.33. The van der Waals surface area contributed by atoms with Crippen LogP contribution in [-0.2, 0) is 0 Å². The summed E-state index contributed by atoms with van der Waals surface area (Å²) in [5, 5.41) is 0.555. The summed E-state index contributed by atoms with van der Waals surface area (Å²) in [6.45, 7) is 0. The topological polar surface area (TPSA) is 63.4 Å². The molecule has 2 N–H and O–H groups in total. The van der Waals surface area contributed by atoms with Crippen LogP contribution in [0.4, 0.5) is 11.4 Å². The zero-order valence-electron chi connectivity index (χ0n) is 10.1. The van der Waals surface area contributed by atoms with Gasteiger partial charge in [0.05, 0.1) is 16.8 Å². The predicted molar refractivity (Wildman–Crippen MR) is 86.2 cm³/mol. The second-order valence-corrected chi connectivity index (χ2v) is 5.95. The number of halogens is 2. The van der Waals surface area contributed by atoms with E-state index >= 15 is 0 Å². The molecule has 0 spiro atoms. The van der Waals surface area contributed by atoms with Gasteiger partial charge < -0.3 is 5.73 Å². The number of hydrogen-bond acceptors (Lipinski definition) is 3. The number of carbonyl (C=O) groups is 2. The summed E-state index contributed by atoms with van der Waals surface area (Å²) in [5.74, 6) is -0.706. The lowest BCUT2D eigenvalue weighted by molar-refractivity contribution is 0.0926. The average molecular weight is 399 g/mol. The number of imide groups is 1. The first-order chi connectivity index (χ1) is 9.49. The van der Waals surface area contributed by atoms with Gasteiger partial charge in [-0.2, -0.15) is 0 Å². The molecule has 0 bridgehead atoms. The first-order valence-corrected chi connectivity index (χ1v) is 7.18. The second-order valence-electron chi connectivity index (χ2n) is 4.35. The van der Waals surface area contributed by atoms with Crippen LogP contribution in [0.2, 0.25) is 5.02 Å². The third-order valence-corrected chi connectivity index (χ3v) is 4.16. The van der Waals surface area contributed by atoms with Crippen molar-refractivity contribution in [2.45, 2.75) is 0 Å². The molecular formula is C14H8ClIN2O2. The van der Waals surface area contributed by atoms with Crippen LogP contribution in [0.25, 0.3) is 0 Å². The van der Waals surface area contributed by atoms with E-state index in [4.69, 9.17) is 17.3 Å². The van der Waals surface area contributed by atoms with E-state index < -0.39 is 0 Å². The maximum absolute atomic E-state index is 12.4. The van der Waals surface area contributed by atoms with Crippen LogP contribution in [0.15, 0.2) is 36.4 Å². The van der Waals surface area contributed by atoms with Crippen molar-refractivity contribution in [1.29, 1.82) is 0 Å². The second kappa shape index (κ2) is 4.75. The van der Waals surface area contributed by atoms with Gasteiger partial charge in [-0.1, -0.05) is 11.6 Å². The molecule has 2 aromatic rings. The molecular weight excluding hydrogens is 391 g/mol. The van der Waals surface area contributed by atoms with Crippen molar-refractivity contribution in [2.24, 2.45) is 0 Å². The number of nitrogens with two attached hydrogens (primary N) is 1. The maximum atomic E-state index is 12.4. The van der Waals surface area contributed by atoms with Gasteiger partial charge in [0.1, 0.15) is 0 Å². The minimum Gasteiger partial charge on any atom is -0.399 e. The molecule has 0 saturated carbocycles. The number of benzene rings is 2. The Kier molecular flexibility index (Phi) is 3.18. The molecule has 1 aliphatic rings. The molecule has 0 unspecified atom stereocenters. The quantitative estimate of drug-likeness (QED) is 0.455. The Morgan fingerprint density at radius 2 is 1.70 bits per heavy atom. The number of hydrogen-bond donors (Lipinski definition) is 1. The molecule has 20 heavy (non-hydrogen) atoms. The van der Waals surface area contributed by atoms with Crippen molar-refractivity contribution < 1.29 is 9.59 Å². The molecule has 1 heterocycles. The van der Waals surface area contributed by atoms with Gasteiger partial charge in [-0.05, 0) is 59.0 Å². The molecule has 0 radical (unpaired) electrons. The van der Waals surface area contributed by atoms with Crippen LogP contribution in [0, 0.1) is 3.57 Å². The van der Waals surface area contributed by atoms with E-state index in [1.165, 1.54) is 6.07 Å². The van der Waals surface area contributed by atoms with Gasteiger partial charge in [0, 0.05) is 14.3 Å². The van der Waals surface area contributed by atoms with Crippen molar-refractivity contribution in [3.63, 3.8) is 0 Å². The third kappa shape index (κ3) is 1.97. The van der Waals surface area contributed by atoms with E-state index in [0.717, 1.165) is 8.47 Å². The number of fused-ring (bicyclic) bond motifs is 1. The van der Waals surface area contributed by atoms with Gasteiger partial charge in [0.15, 0.2) is 0 Å². The number of carbonyl (C=O) groups excluding carboxylic acids is 2. The monoisotopic (exact) mass is 398 g/mol. The lowest BCUT2D eigenvalue weighted by Crippen LogP contribution is -2.30. The molecule has 100 valence electrons. The van der Waals surface area contributed by atoms with Crippen molar-refractivity contribution in [1.82, 2.24) is 0 Å². The molecule has 3 rings (SSSR count). The van der Waals surface area contributed by atoms with Crippen LogP contribution in [-0.4, -0.2) is 11.8 Å². The maximum Gasteiger partial charge on any atom is 0.266 e. The summed E-state index contributed by atoms with van der Waals surface area (Å²) in [5.41, 5.74) is 7.36. The van der Waals surface area contributed by atoms with Crippen molar-refractivity contribution >= 4 is 57.4 Å². The fourth-order valence-corrected chi connectivity index (χ4v) is 3.25. The van der Waals surface area contributed by atoms with Gasteiger partial charge in [-0.25, -0.2) is 4.90 Å². The summed E-state index contributed by atoms with van der Waals surface area (Å²) < 4.78 is 0.734. The Labute approximate surface area is 133 Å². The number of anilines is 2. The minimum atomic E-state index is -0.363. The normalized spacial score (nSPS) is 13.8. The summed E-state index contributed by atoms with van der Waals surface area (Å²) in [6.07, 6.45) is 0. The zero-order chi connectivity index (χ0) is 14.4. The van der Waals surface area contributed by atoms with Crippen LogP contribution in [0.1, 0.15) is 20.7 Å². The SMILES string of the molecule is Nc1ccc2c(c1)C(=O)N(c1ccc(Cl)cc1I)C2=O. The summed E-state index contributed by atoms with van der Waals surface area (Å²) >= 11 is 7.94. The van der Waals surface area contributed by atoms with Gasteiger partial charge >= 0.3 is 0 Å². The van der Waals surface area contributed by atoms with E-state index in [9.17, 15) is 9.59 Å². The Morgan fingerprint density at radius 1 is 1.00 bits per heavy atom. The van der Waals surface area contributed by atoms with E-state index in [0.29, 0.717) is 27.5 Å². The van der Waals surface area contributed by atoms with Crippen LogP contribution in [0.5, 0.6) is 0 Å². The highest BCUT2D eigenvalue weighted by molar-refractivity contribution is 14.1. The van der Waals surface area contributed by atoms with Gasteiger partial charge in [0.25, 0.3) is 11.8 Å². The Morgan fingerprint density at radius 3 is 2.40 bits per heavy atom. The Hall–Kier alpha value is -1.60. The number of rotatable bonds is 1. The molecule has 0 aromatic heterocycles. The Bertz CT molecular complexity index is 761. The highest BCUT2D eigenvalue weighted by Gasteiger charge is 2.37. The minimum absolute atomic E-state index is 0.334. The number of nitrogens with zero attached hydrogens (tertiary/aromatic N) is 1. The highest BCUT2D eigenvalue weighted by Crippen LogP contribution is 2.33. The van der Waals surface area contributed by atoms with E-state index in [2.05, 4.69) is 0 Å². The molecule has 0 aliphatic carbocycles. The number of amides is 2. The smallest absolute Gasteiger partial charge is 0.266 e. The summed E-state index contributed by atoms with van der Waals surface area (Å²) in [7, 11) is 0. The summed E-state index contributed by atoms with van der Waals surface area (Å²) in [6, 6.07) is 9.73. The first-order valence-electron chi connectivity index (χ1n) is 5.72. The third-order valence-electron chi connectivity index (χ3n) is 3.06. The highest BCUT2D eigenvalue weighted by atomic mass is 127. The van der Waals surface area contributed by atoms with Crippen molar-refractivity contribution in [3.05, 3.63) is 56.1 Å². The molecule has 0 fully saturated rings. The molecule has 0 atom stereocenters. The molecule has 1 aliphatic heterocycles. The van der Waals surface area contributed by atoms with Crippen molar-refractivity contribution in [2.75, 3.05) is 10.6 Å². The lowest BCUT2D eigenvalue weighted by atomic mass is 10.1. The Balaban J connectivity index is 2.14. The van der Waals surface area contributed by atoms with E-state index in [-0.39, 0.29) is 11.8 Å². The first kappa shape index (κ1) is 13.4. The van der Waals surface area contributed by atoms with Crippen LogP contribution < -0.4 is 10.6 Å². The fraction of sp³-hybridized carbons (Fsp3) is 0. The standard InChI is InChI=1S/C14H8ClIN2O2/c15-7-1-4-12(11(16)5-7)18-13(19)9-3-2-8(17)6-10(9)14(18)20/h1-6H,17H2. The fourth-order valence-electron chi connectivity index (χ4n) is 2.14. The lowest BCUT2D eigenvalue weighted by Gasteiger charge is -2.15. The van der Waals surface area contributed by atoms with Gasteiger partial charge in [-0.15, -0.1) is 0 Å². The summed E-state index contributed by atoms with van der Waals surface area (Å²) in [4.78, 5) is 25.9. The average Bonchev–Trinajstić information content (AvgIpc) is 2.63. The molecule has 0 saturated heterocycles. The van der Waals surface area contributed by atoms with Crippen molar-refractivity contribution in [3.8, 4) is 0 Å². The van der Waals surface area contributed by atoms with Gasteiger partial charge in [-0.3, -0.25) is 9.59 Å². The number of nitrogen functional groups attached to an aromatic ring is 1. The largest absolute Gasteiger partial charge is 0.399 e. The van der Waals surface area contributed by atoms with Crippen LogP contribution in [0.3, 0.4) is 0 Å². The molecule has 2 amide bonds. The van der Waals surface area contributed by atoms with Crippen LogP contribution >= 0.6 is 34.2 Å².